The minimum atomic E-state index is 0.657. The van der Waals surface area contributed by atoms with Gasteiger partial charge in [-0.15, -0.1) is 0 Å². The Morgan fingerprint density at radius 3 is 2.69 bits per heavy atom. The van der Waals surface area contributed by atoms with Crippen molar-refractivity contribution < 1.29 is 0 Å². The lowest BCUT2D eigenvalue weighted by Gasteiger charge is -2.06. The molecular formula is C12H11N. The van der Waals surface area contributed by atoms with E-state index in [1.165, 1.54) is 0 Å². The summed E-state index contributed by atoms with van der Waals surface area (Å²) in [6.45, 7) is 9.43. The Labute approximate surface area is 78.6 Å². The molecule has 0 radical (unpaired) electrons. The summed E-state index contributed by atoms with van der Waals surface area (Å²) in [6, 6.07) is 7.71. The number of hydrogen-bond acceptors (Lipinski definition) is 1. The summed E-state index contributed by atoms with van der Waals surface area (Å²) in [4.78, 5) is 0. The third kappa shape index (κ3) is 1.68. The predicted molar refractivity (Wildman–Crippen MR) is 56.0 cm³/mol. The molecule has 0 saturated heterocycles. The van der Waals surface area contributed by atoms with Gasteiger partial charge >= 0.3 is 0 Å². The van der Waals surface area contributed by atoms with Gasteiger partial charge in [-0.1, -0.05) is 31.4 Å². The molecule has 0 amide bonds. The molecule has 0 saturated carbocycles. The van der Waals surface area contributed by atoms with Crippen molar-refractivity contribution in [2.75, 3.05) is 0 Å². The summed E-state index contributed by atoms with van der Waals surface area (Å²) in [5, 5.41) is 8.86. The van der Waals surface area contributed by atoms with E-state index in [-0.39, 0.29) is 0 Å². The zero-order valence-electron chi connectivity index (χ0n) is 7.67. The van der Waals surface area contributed by atoms with Crippen molar-refractivity contribution in [1.82, 2.24) is 0 Å². The summed E-state index contributed by atoms with van der Waals surface area (Å²) in [7, 11) is 0. The fraction of sp³-hybridized carbons (Fsp3) is 0.0833. The topological polar surface area (TPSA) is 23.8 Å². The monoisotopic (exact) mass is 169 g/mol. The van der Waals surface area contributed by atoms with Crippen LogP contribution >= 0.6 is 0 Å². The molecule has 1 aromatic carbocycles. The van der Waals surface area contributed by atoms with Crippen molar-refractivity contribution in [2.24, 2.45) is 0 Å². The first kappa shape index (κ1) is 9.28. The largest absolute Gasteiger partial charge is 0.192 e. The van der Waals surface area contributed by atoms with E-state index in [9.17, 15) is 0 Å². The second-order valence-corrected chi connectivity index (χ2v) is 2.87. The molecule has 0 bridgehead atoms. The Bertz CT molecular complexity index is 394. The van der Waals surface area contributed by atoms with Crippen molar-refractivity contribution >= 4 is 11.6 Å². The van der Waals surface area contributed by atoms with Crippen molar-refractivity contribution in [3.63, 3.8) is 0 Å². The van der Waals surface area contributed by atoms with Crippen LogP contribution in [-0.4, -0.2) is 0 Å². The molecule has 0 N–H and O–H groups in total. The molecule has 0 heterocycles. The van der Waals surface area contributed by atoms with Gasteiger partial charge in [0.05, 0.1) is 11.6 Å². The second kappa shape index (κ2) is 3.73. The normalized spacial score (nSPS) is 8.92. The van der Waals surface area contributed by atoms with Crippen LogP contribution in [0.5, 0.6) is 0 Å². The molecule has 64 valence electrons. The zero-order valence-corrected chi connectivity index (χ0v) is 7.67. The predicted octanol–water partition coefficient (Wildman–Crippen LogP) is 3.23. The quantitative estimate of drug-likeness (QED) is 0.666. The lowest BCUT2D eigenvalue weighted by Crippen LogP contribution is -1.89. The lowest BCUT2D eigenvalue weighted by atomic mass is 9.97. The number of nitrogens with zero attached hydrogens (tertiary/aromatic N) is 1. The SMILES string of the molecule is C=Cc1cccc(C#N)c1C(=C)C. The molecule has 0 unspecified atom stereocenters. The van der Waals surface area contributed by atoms with E-state index in [0.29, 0.717) is 5.56 Å². The third-order valence-corrected chi connectivity index (χ3v) is 1.86. The van der Waals surface area contributed by atoms with Crippen LogP contribution in [0.1, 0.15) is 23.6 Å². The zero-order chi connectivity index (χ0) is 9.84. The van der Waals surface area contributed by atoms with Gasteiger partial charge in [-0.25, -0.2) is 0 Å². The van der Waals surface area contributed by atoms with Gasteiger partial charge in [-0.05, 0) is 24.1 Å². The number of rotatable bonds is 2. The van der Waals surface area contributed by atoms with Crippen LogP contribution in [0, 0.1) is 11.3 Å². The lowest BCUT2D eigenvalue weighted by molar-refractivity contribution is 1.44. The first-order chi connectivity index (χ1) is 6.20. The summed E-state index contributed by atoms with van der Waals surface area (Å²) >= 11 is 0. The van der Waals surface area contributed by atoms with Gasteiger partial charge in [0.15, 0.2) is 0 Å². The van der Waals surface area contributed by atoms with E-state index in [1.807, 2.05) is 19.1 Å². The standard InChI is InChI=1S/C12H11N/c1-4-10-6-5-7-11(8-13)12(10)9(2)3/h4-7H,1-2H2,3H3. The van der Waals surface area contributed by atoms with Gasteiger partial charge in [0.25, 0.3) is 0 Å². The Balaban J connectivity index is 3.49. The van der Waals surface area contributed by atoms with Gasteiger partial charge in [0.2, 0.25) is 0 Å². The van der Waals surface area contributed by atoms with Gasteiger partial charge in [0.1, 0.15) is 0 Å². The van der Waals surface area contributed by atoms with Crippen molar-refractivity contribution in [3.8, 4) is 6.07 Å². The molecule has 1 heteroatoms. The molecule has 0 aliphatic rings. The van der Waals surface area contributed by atoms with Crippen LogP contribution in [-0.2, 0) is 0 Å². The molecular weight excluding hydrogens is 158 g/mol. The van der Waals surface area contributed by atoms with Gasteiger partial charge in [-0.3, -0.25) is 0 Å². The van der Waals surface area contributed by atoms with E-state index in [2.05, 4.69) is 19.2 Å². The molecule has 0 aliphatic carbocycles. The van der Waals surface area contributed by atoms with Crippen LogP contribution in [0.2, 0.25) is 0 Å². The van der Waals surface area contributed by atoms with E-state index in [1.54, 1.807) is 12.1 Å². The highest BCUT2D eigenvalue weighted by molar-refractivity contribution is 5.75. The highest BCUT2D eigenvalue weighted by Gasteiger charge is 2.05. The molecule has 0 aromatic heterocycles. The number of hydrogen-bond donors (Lipinski definition) is 0. The second-order valence-electron chi connectivity index (χ2n) is 2.87. The Morgan fingerprint density at radius 1 is 1.54 bits per heavy atom. The Morgan fingerprint density at radius 2 is 2.23 bits per heavy atom. The number of benzene rings is 1. The molecule has 0 atom stereocenters. The maximum absolute atomic E-state index is 8.86. The van der Waals surface area contributed by atoms with Gasteiger partial charge in [-0.2, -0.15) is 5.26 Å². The first-order valence-electron chi connectivity index (χ1n) is 4.02. The van der Waals surface area contributed by atoms with E-state index in [4.69, 9.17) is 5.26 Å². The van der Waals surface area contributed by atoms with Gasteiger partial charge < -0.3 is 0 Å². The van der Waals surface area contributed by atoms with E-state index < -0.39 is 0 Å². The molecule has 0 spiro atoms. The fourth-order valence-corrected chi connectivity index (χ4v) is 1.31. The third-order valence-electron chi connectivity index (χ3n) is 1.86. The van der Waals surface area contributed by atoms with E-state index in [0.717, 1.165) is 16.7 Å². The van der Waals surface area contributed by atoms with Crippen molar-refractivity contribution in [3.05, 3.63) is 48.0 Å². The maximum atomic E-state index is 8.86. The summed E-state index contributed by atoms with van der Waals surface area (Å²) in [5.41, 5.74) is 3.42. The van der Waals surface area contributed by atoms with Crippen LogP contribution in [0.3, 0.4) is 0 Å². The van der Waals surface area contributed by atoms with Crippen molar-refractivity contribution in [2.45, 2.75) is 6.92 Å². The first-order valence-corrected chi connectivity index (χ1v) is 4.02. The van der Waals surface area contributed by atoms with Crippen LogP contribution in [0.25, 0.3) is 11.6 Å². The summed E-state index contributed by atoms with van der Waals surface area (Å²) in [5.74, 6) is 0. The highest BCUT2D eigenvalue weighted by atomic mass is 14.2. The van der Waals surface area contributed by atoms with Crippen LogP contribution < -0.4 is 0 Å². The molecule has 0 fully saturated rings. The number of allylic oxidation sites excluding steroid dienone is 1. The molecule has 1 rings (SSSR count). The summed E-state index contributed by atoms with van der Waals surface area (Å²) < 4.78 is 0. The number of nitriles is 1. The maximum Gasteiger partial charge on any atom is 0.0998 e. The minimum Gasteiger partial charge on any atom is -0.192 e. The van der Waals surface area contributed by atoms with E-state index >= 15 is 0 Å². The average molecular weight is 169 g/mol. The highest BCUT2D eigenvalue weighted by Crippen LogP contribution is 2.22. The summed E-state index contributed by atoms with van der Waals surface area (Å²) in [6.07, 6.45) is 1.74. The molecule has 1 aromatic rings. The molecule has 0 aliphatic heterocycles. The van der Waals surface area contributed by atoms with Gasteiger partial charge in [0, 0.05) is 5.56 Å². The smallest absolute Gasteiger partial charge is 0.0998 e. The molecule has 1 nitrogen and oxygen atoms in total. The molecule has 13 heavy (non-hydrogen) atoms. The Hall–Kier alpha value is -1.81. The fourth-order valence-electron chi connectivity index (χ4n) is 1.31. The Kier molecular flexibility index (Phi) is 2.66. The van der Waals surface area contributed by atoms with Crippen molar-refractivity contribution in [1.29, 1.82) is 5.26 Å². The van der Waals surface area contributed by atoms with Crippen LogP contribution in [0.4, 0.5) is 0 Å². The average Bonchev–Trinajstić information content (AvgIpc) is 2.16. The van der Waals surface area contributed by atoms with Crippen LogP contribution in [0.15, 0.2) is 31.4 Å². The minimum absolute atomic E-state index is 0.657.